The molecule has 2 fully saturated rings. The van der Waals surface area contributed by atoms with E-state index < -0.39 is 17.7 Å². The van der Waals surface area contributed by atoms with Crippen LogP contribution in [0.1, 0.15) is 5.56 Å². The number of carbonyl (C=O) groups excluding carboxylic acids is 2. The first-order chi connectivity index (χ1) is 14.9. The summed E-state index contributed by atoms with van der Waals surface area (Å²) in [6.45, 7) is 4.98. The summed E-state index contributed by atoms with van der Waals surface area (Å²) in [5, 5.41) is 3.11. The highest BCUT2D eigenvalue weighted by Crippen LogP contribution is 2.26. The highest BCUT2D eigenvalue weighted by Gasteiger charge is 2.38. The van der Waals surface area contributed by atoms with Crippen molar-refractivity contribution >= 4 is 64.0 Å². The molecule has 1 atom stereocenters. The van der Waals surface area contributed by atoms with E-state index in [2.05, 4.69) is 15.2 Å². The predicted molar refractivity (Wildman–Crippen MR) is 126 cm³/mol. The second-order valence-electron chi connectivity index (χ2n) is 7.27. The van der Waals surface area contributed by atoms with E-state index in [-0.39, 0.29) is 5.11 Å². The summed E-state index contributed by atoms with van der Waals surface area (Å²) < 4.78 is 5.38. The Bertz CT molecular complexity index is 1050. The zero-order valence-corrected chi connectivity index (χ0v) is 18.4. The molecule has 2 aromatic rings. The van der Waals surface area contributed by atoms with Gasteiger partial charge in [-0.05, 0) is 61.1 Å². The number of amides is 2. The molecule has 2 saturated heterocycles. The van der Waals surface area contributed by atoms with E-state index in [9.17, 15) is 9.59 Å². The lowest BCUT2D eigenvalue weighted by Gasteiger charge is -2.31. The third-order valence-electron chi connectivity index (χ3n) is 5.21. The Morgan fingerprint density at radius 1 is 1.13 bits per heavy atom. The van der Waals surface area contributed by atoms with Crippen molar-refractivity contribution in [2.24, 2.45) is 10.9 Å². The van der Waals surface area contributed by atoms with Crippen LogP contribution in [0.4, 0.5) is 17.1 Å². The number of benzene rings is 2. The van der Waals surface area contributed by atoms with Crippen molar-refractivity contribution < 1.29 is 14.3 Å². The van der Waals surface area contributed by atoms with Crippen molar-refractivity contribution in [3.05, 3.63) is 53.1 Å². The number of anilines is 2. The van der Waals surface area contributed by atoms with Crippen LogP contribution in [0.25, 0.3) is 0 Å². The lowest BCUT2D eigenvalue weighted by molar-refractivity contribution is -0.130. The number of nitrogens with one attached hydrogen (secondary N) is 1. The lowest BCUT2D eigenvalue weighted by atomic mass is 10.1. The molecule has 2 aliphatic heterocycles. The van der Waals surface area contributed by atoms with Crippen molar-refractivity contribution in [3.63, 3.8) is 0 Å². The number of carbonyl (C=O) groups is 2. The lowest BCUT2D eigenvalue weighted by Crippen LogP contribution is -2.58. The predicted octanol–water partition coefficient (Wildman–Crippen LogP) is 3.25. The van der Waals surface area contributed by atoms with E-state index in [1.165, 1.54) is 11.1 Å². The topological polar surface area (TPSA) is 74.2 Å². The average molecular weight is 457 g/mol. The maximum Gasteiger partial charge on any atom is 0.251 e. The van der Waals surface area contributed by atoms with E-state index in [0.29, 0.717) is 29.6 Å². The number of aliphatic imine (C=N–C) groups is 1. The normalized spacial score (nSPS) is 19.8. The van der Waals surface area contributed by atoms with Crippen LogP contribution >= 0.6 is 23.8 Å². The van der Waals surface area contributed by atoms with E-state index in [1.54, 1.807) is 18.2 Å². The molecule has 1 N–H and O–H groups in total. The molecule has 2 amide bonds. The quantitative estimate of drug-likeness (QED) is 0.434. The molecule has 2 aromatic carbocycles. The van der Waals surface area contributed by atoms with Gasteiger partial charge in [0.05, 0.1) is 24.6 Å². The first-order valence-electron chi connectivity index (χ1n) is 9.86. The molecule has 0 spiro atoms. The number of hydrogen-bond acceptors (Lipinski definition) is 6. The summed E-state index contributed by atoms with van der Waals surface area (Å²) in [7, 11) is 0. The van der Waals surface area contributed by atoms with Crippen molar-refractivity contribution in [1.29, 1.82) is 0 Å². The van der Waals surface area contributed by atoms with Gasteiger partial charge in [-0.15, -0.1) is 0 Å². The summed E-state index contributed by atoms with van der Waals surface area (Å²) >= 11 is 11.4. The second-order valence-corrected chi connectivity index (χ2v) is 8.07. The summed E-state index contributed by atoms with van der Waals surface area (Å²) in [5.74, 6) is -2.06. The Morgan fingerprint density at radius 3 is 2.48 bits per heavy atom. The molecule has 0 aliphatic carbocycles. The number of halogens is 1. The Kier molecular flexibility index (Phi) is 6.31. The van der Waals surface area contributed by atoms with Gasteiger partial charge in [-0.1, -0.05) is 17.7 Å². The number of ether oxygens (including phenoxy) is 1. The highest BCUT2D eigenvalue weighted by molar-refractivity contribution is 7.80. The van der Waals surface area contributed by atoms with Crippen LogP contribution in [-0.2, 0) is 14.3 Å². The van der Waals surface area contributed by atoms with Crippen molar-refractivity contribution in [3.8, 4) is 0 Å². The molecule has 2 aliphatic rings. The van der Waals surface area contributed by atoms with E-state index >= 15 is 0 Å². The summed E-state index contributed by atoms with van der Waals surface area (Å²) in [4.78, 5) is 33.3. The molecule has 9 heteroatoms. The molecule has 2 heterocycles. The van der Waals surface area contributed by atoms with Gasteiger partial charge in [0.1, 0.15) is 0 Å². The van der Waals surface area contributed by atoms with Gasteiger partial charge in [-0.25, -0.2) is 0 Å². The largest absolute Gasteiger partial charge is 0.378 e. The SMILES string of the molecule is Cc1ccc(N2C(=O)C(C=Nc3ccc(N4CCOCC4)cc3)C(=O)NC2=S)cc1Cl. The standard InChI is InChI=1S/C22H21ClN4O3S/c1-14-2-5-17(12-19(14)23)27-21(29)18(20(28)25-22(27)31)13-24-15-3-6-16(7-4-15)26-8-10-30-11-9-26/h2-7,12-13,18H,8-11H2,1H3,(H,25,28,31). The average Bonchev–Trinajstić information content (AvgIpc) is 2.77. The number of rotatable bonds is 4. The van der Waals surface area contributed by atoms with Crippen LogP contribution in [0.3, 0.4) is 0 Å². The molecular formula is C22H21ClN4O3S. The molecule has 0 aromatic heterocycles. The van der Waals surface area contributed by atoms with Gasteiger partial charge in [0.15, 0.2) is 11.0 Å². The number of hydrogen-bond donors (Lipinski definition) is 1. The number of nitrogens with zero attached hydrogens (tertiary/aromatic N) is 3. The van der Waals surface area contributed by atoms with E-state index in [0.717, 1.165) is 24.3 Å². The van der Waals surface area contributed by atoms with Crippen molar-refractivity contribution in [1.82, 2.24) is 5.32 Å². The smallest absolute Gasteiger partial charge is 0.251 e. The number of thiocarbonyl (C=S) groups is 1. The zero-order valence-electron chi connectivity index (χ0n) is 16.9. The molecule has 1 unspecified atom stereocenters. The van der Waals surface area contributed by atoms with Crippen molar-refractivity contribution in [2.45, 2.75) is 6.92 Å². The first kappa shape index (κ1) is 21.4. The fourth-order valence-electron chi connectivity index (χ4n) is 3.42. The maximum absolute atomic E-state index is 13.0. The van der Waals surface area contributed by atoms with Crippen LogP contribution in [0.15, 0.2) is 47.5 Å². The molecule has 0 radical (unpaired) electrons. The van der Waals surface area contributed by atoms with Crippen LogP contribution in [0, 0.1) is 12.8 Å². The summed E-state index contributed by atoms with van der Waals surface area (Å²) in [6.07, 6.45) is 1.35. The molecule has 160 valence electrons. The van der Waals surface area contributed by atoms with E-state index in [4.69, 9.17) is 28.6 Å². The van der Waals surface area contributed by atoms with Gasteiger partial charge in [0.25, 0.3) is 5.91 Å². The molecule has 4 rings (SSSR count). The van der Waals surface area contributed by atoms with Crippen LogP contribution < -0.4 is 15.1 Å². The number of morpholine rings is 1. The van der Waals surface area contributed by atoms with Crippen LogP contribution in [0.5, 0.6) is 0 Å². The first-order valence-corrected chi connectivity index (χ1v) is 10.6. The molecule has 0 bridgehead atoms. The third kappa shape index (κ3) is 4.61. The van der Waals surface area contributed by atoms with Crippen LogP contribution in [0.2, 0.25) is 5.02 Å². The van der Waals surface area contributed by atoms with Gasteiger partial charge in [0, 0.05) is 30.0 Å². The number of aryl methyl sites for hydroxylation is 1. The minimum absolute atomic E-state index is 0.0226. The fraction of sp³-hybridized carbons (Fsp3) is 0.273. The highest BCUT2D eigenvalue weighted by atomic mass is 35.5. The van der Waals surface area contributed by atoms with Gasteiger partial charge in [0.2, 0.25) is 5.91 Å². The van der Waals surface area contributed by atoms with Crippen LogP contribution in [-0.4, -0.2) is 49.4 Å². The third-order valence-corrected chi connectivity index (χ3v) is 5.91. The monoisotopic (exact) mass is 456 g/mol. The Balaban J connectivity index is 1.52. The Hall–Kier alpha value is -2.81. The Labute approximate surface area is 190 Å². The summed E-state index contributed by atoms with van der Waals surface area (Å²) in [6, 6.07) is 12.8. The van der Waals surface area contributed by atoms with Crippen molar-refractivity contribution in [2.75, 3.05) is 36.1 Å². The molecule has 31 heavy (non-hydrogen) atoms. The fourth-order valence-corrected chi connectivity index (χ4v) is 3.89. The van der Waals surface area contributed by atoms with Gasteiger partial charge >= 0.3 is 0 Å². The molecule has 0 saturated carbocycles. The molecular weight excluding hydrogens is 436 g/mol. The van der Waals surface area contributed by atoms with Gasteiger partial charge in [-0.3, -0.25) is 19.5 Å². The molecule has 7 nitrogen and oxygen atoms in total. The second kappa shape index (κ2) is 9.13. The van der Waals surface area contributed by atoms with E-state index in [1.807, 2.05) is 31.2 Å². The minimum atomic E-state index is -1.09. The van der Waals surface area contributed by atoms with Gasteiger partial charge in [-0.2, -0.15) is 0 Å². The minimum Gasteiger partial charge on any atom is -0.378 e. The Morgan fingerprint density at radius 2 is 1.81 bits per heavy atom. The van der Waals surface area contributed by atoms with Gasteiger partial charge < -0.3 is 15.0 Å². The summed E-state index contributed by atoms with van der Waals surface area (Å²) in [5.41, 5.74) is 3.11. The maximum atomic E-state index is 13.0. The zero-order chi connectivity index (χ0) is 22.0.